The van der Waals surface area contributed by atoms with E-state index in [0.717, 1.165) is 19.5 Å². The first-order valence-corrected chi connectivity index (χ1v) is 7.53. The molecule has 106 valence electrons. The molecule has 1 aromatic carbocycles. The van der Waals surface area contributed by atoms with Crippen LogP contribution in [0.4, 0.5) is 0 Å². The van der Waals surface area contributed by atoms with E-state index in [-0.39, 0.29) is 0 Å². The van der Waals surface area contributed by atoms with Crippen molar-refractivity contribution in [3.05, 3.63) is 35.9 Å². The maximum absolute atomic E-state index is 5.79. The summed E-state index contributed by atoms with van der Waals surface area (Å²) < 4.78 is 0. The lowest BCUT2D eigenvalue weighted by Gasteiger charge is -2.36. The van der Waals surface area contributed by atoms with Gasteiger partial charge in [0.2, 0.25) is 0 Å². The number of rotatable bonds is 6. The minimum absolute atomic E-state index is 0.583. The Morgan fingerprint density at radius 2 is 1.68 bits per heavy atom. The van der Waals surface area contributed by atoms with Gasteiger partial charge in [-0.3, -0.25) is 0 Å². The SMILES string of the molecule is CCN1CCN(CC(CCN)c2ccccc2)CC1. The highest BCUT2D eigenvalue weighted by atomic mass is 15.3. The molecule has 0 saturated carbocycles. The van der Waals surface area contributed by atoms with Crippen molar-refractivity contribution in [2.75, 3.05) is 45.8 Å². The maximum Gasteiger partial charge on any atom is 0.0110 e. The molecule has 0 aliphatic carbocycles. The number of likely N-dealkylation sites (N-methyl/N-ethyl adjacent to an activating group) is 1. The molecule has 1 heterocycles. The van der Waals surface area contributed by atoms with Crippen LogP contribution in [0.15, 0.2) is 30.3 Å². The van der Waals surface area contributed by atoms with Gasteiger partial charge in [-0.1, -0.05) is 37.3 Å². The number of nitrogens with two attached hydrogens (primary N) is 1. The lowest BCUT2D eigenvalue weighted by molar-refractivity contribution is 0.130. The zero-order valence-electron chi connectivity index (χ0n) is 12.1. The molecule has 1 unspecified atom stereocenters. The Balaban J connectivity index is 1.91. The largest absolute Gasteiger partial charge is 0.330 e. The minimum Gasteiger partial charge on any atom is -0.330 e. The molecule has 0 aromatic heterocycles. The van der Waals surface area contributed by atoms with Crippen molar-refractivity contribution >= 4 is 0 Å². The number of hydrogen-bond acceptors (Lipinski definition) is 3. The zero-order chi connectivity index (χ0) is 13.5. The van der Waals surface area contributed by atoms with Crippen molar-refractivity contribution in [3.8, 4) is 0 Å². The normalized spacial score (nSPS) is 19.5. The van der Waals surface area contributed by atoms with Crippen molar-refractivity contribution in [2.24, 2.45) is 5.73 Å². The summed E-state index contributed by atoms with van der Waals surface area (Å²) in [7, 11) is 0. The standard InChI is InChI=1S/C16H27N3/c1-2-18-10-12-19(13-11-18)14-16(8-9-17)15-6-4-3-5-7-15/h3-7,16H,2,8-14,17H2,1H3. The number of benzene rings is 1. The average Bonchev–Trinajstić information content (AvgIpc) is 2.48. The van der Waals surface area contributed by atoms with E-state index < -0.39 is 0 Å². The summed E-state index contributed by atoms with van der Waals surface area (Å²) in [5.41, 5.74) is 7.22. The van der Waals surface area contributed by atoms with E-state index in [9.17, 15) is 0 Å². The average molecular weight is 261 g/mol. The van der Waals surface area contributed by atoms with Crippen molar-refractivity contribution in [3.63, 3.8) is 0 Å². The Hall–Kier alpha value is -0.900. The smallest absolute Gasteiger partial charge is 0.0110 e. The molecule has 1 fully saturated rings. The van der Waals surface area contributed by atoms with Crippen LogP contribution in [0.1, 0.15) is 24.8 Å². The summed E-state index contributed by atoms with van der Waals surface area (Å²) in [4.78, 5) is 5.12. The fourth-order valence-electron chi connectivity index (χ4n) is 2.89. The first kappa shape index (κ1) is 14.5. The fraction of sp³-hybridized carbons (Fsp3) is 0.625. The number of piperazine rings is 1. The first-order valence-electron chi connectivity index (χ1n) is 7.53. The minimum atomic E-state index is 0.583. The molecule has 0 amide bonds. The van der Waals surface area contributed by atoms with E-state index in [2.05, 4.69) is 47.1 Å². The first-order chi connectivity index (χ1) is 9.33. The predicted molar refractivity (Wildman–Crippen MR) is 81.4 cm³/mol. The van der Waals surface area contributed by atoms with Crippen LogP contribution in [0.25, 0.3) is 0 Å². The van der Waals surface area contributed by atoms with E-state index in [0.29, 0.717) is 5.92 Å². The van der Waals surface area contributed by atoms with Gasteiger partial charge in [-0.2, -0.15) is 0 Å². The second kappa shape index (κ2) is 7.63. The third kappa shape index (κ3) is 4.30. The fourth-order valence-corrected chi connectivity index (χ4v) is 2.89. The molecule has 1 aliphatic rings. The van der Waals surface area contributed by atoms with Gasteiger partial charge < -0.3 is 15.5 Å². The van der Waals surface area contributed by atoms with Crippen LogP contribution >= 0.6 is 0 Å². The summed E-state index contributed by atoms with van der Waals surface area (Å²) in [6.45, 7) is 10.2. The van der Waals surface area contributed by atoms with Crippen LogP contribution in [0, 0.1) is 0 Å². The lowest BCUT2D eigenvalue weighted by atomic mass is 9.95. The van der Waals surface area contributed by atoms with Crippen LogP contribution in [0.5, 0.6) is 0 Å². The van der Waals surface area contributed by atoms with Crippen molar-refractivity contribution in [1.82, 2.24) is 9.80 Å². The van der Waals surface area contributed by atoms with E-state index >= 15 is 0 Å². The summed E-state index contributed by atoms with van der Waals surface area (Å²) in [6, 6.07) is 10.8. The van der Waals surface area contributed by atoms with Crippen molar-refractivity contribution in [2.45, 2.75) is 19.3 Å². The number of hydrogen-bond donors (Lipinski definition) is 1. The van der Waals surface area contributed by atoms with Crippen LogP contribution in [-0.4, -0.2) is 55.6 Å². The Kier molecular flexibility index (Phi) is 5.83. The van der Waals surface area contributed by atoms with Gasteiger partial charge in [0.25, 0.3) is 0 Å². The predicted octanol–water partition coefficient (Wildman–Crippen LogP) is 1.76. The monoisotopic (exact) mass is 261 g/mol. The van der Waals surface area contributed by atoms with Gasteiger partial charge in [-0.15, -0.1) is 0 Å². The summed E-state index contributed by atoms with van der Waals surface area (Å²) in [6.07, 6.45) is 1.08. The Morgan fingerprint density at radius 3 is 2.26 bits per heavy atom. The molecular weight excluding hydrogens is 234 g/mol. The van der Waals surface area contributed by atoms with Gasteiger partial charge in [-0.25, -0.2) is 0 Å². The number of nitrogens with zero attached hydrogens (tertiary/aromatic N) is 2. The highest BCUT2D eigenvalue weighted by molar-refractivity contribution is 5.20. The molecule has 0 bridgehead atoms. The van der Waals surface area contributed by atoms with E-state index in [4.69, 9.17) is 5.73 Å². The van der Waals surface area contributed by atoms with Gasteiger partial charge >= 0.3 is 0 Å². The molecule has 2 N–H and O–H groups in total. The Morgan fingerprint density at radius 1 is 1.05 bits per heavy atom. The topological polar surface area (TPSA) is 32.5 Å². The lowest BCUT2D eigenvalue weighted by Crippen LogP contribution is -2.47. The van der Waals surface area contributed by atoms with E-state index in [1.807, 2.05) is 0 Å². The summed E-state index contributed by atoms with van der Waals surface area (Å²) in [5.74, 6) is 0.583. The molecule has 2 rings (SSSR count). The van der Waals surface area contributed by atoms with Gasteiger partial charge in [0.1, 0.15) is 0 Å². The summed E-state index contributed by atoms with van der Waals surface area (Å²) >= 11 is 0. The molecule has 0 spiro atoms. The molecule has 3 heteroatoms. The van der Waals surface area contributed by atoms with E-state index in [1.54, 1.807) is 0 Å². The summed E-state index contributed by atoms with van der Waals surface area (Å²) in [5, 5.41) is 0. The second-order valence-electron chi connectivity index (χ2n) is 5.42. The van der Waals surface area contributed by atoms with Gasteiger partial charge in [0.05, 0.1) is 0 Å². The maximum atomic E-state index is 5.79. The third-order valence-electron chi connectivity index (χ3n) is 4.18. The van der Waals surface area contributed by atoms with Gasteiger partial charge in [-0.05, 0) is 31.0 Å². The zero-order valence-corrected chi connectivity index (χ0v) is 12.1. The molecule has 19 heavy (non-hydrogen) atoms. The molecule has 1 saturated heterocycles. The van der Waals surface area contributed by atoms with Gasteiger partial charge in [0.15, 0.2) is 0 Å². The molecule has 1 aliphatic heterocycles. The highest BCUT2D eigenvalue weighted by Crippen LogP contribution is 2.21. The third-order valence-corrected chi connectivity index (χ3v) is 4.18. The van der Waals surface area contributed by atoms with Crippen LogP contribution < -0.4 is 5.73 Å². The molecule has 1 aromatic rings. The van der Waals surface area contributed by atoms with Crippen molar-refractivity contribution < 1.29 is 0 Å². The van der Waals surface area contributed by atoms with Crippen LogP contribution in [0.3, 0.4) is 0 Å². The van der Waals surface area contributed by atoms with Gasteiger partial charge in [0, 0.05) is 32.7 Å². The van der Waals surface area contributed by atoms with Crippen LogP contribution in [0.2, 0.25) is 0 Å². The Bertz CT molecular complexity index is 344. The van der Waals surface area contributed by atoms with E-state index in [1.165, 1.54) is 38.3 Å². The molecule has 0 radical (unpaired) electrons. The highest BCUT2D eigenvalue weighted by Gasteiger charge is 2.19. The second-order valence-corrected chi connectivity index (χ2v) is 5.42. The van der Waals surface area contributed by atoms with Crippen molar-refractivity contribution in [1.29, 1.82) is 0 Å². The van der Waals surface area contributed by atoms with Crippen LogP contribution in [-0.2, 0) is 0 Å². The molecule has 1 atom stereocenters. The quantitative estimate of drug-likeness (QED) is 0.847. The molecule has 3 nitrogen and oxygen atoms in total. The Labute approximate surface area is 117 Å². The molecular formula is C16H27N3.